The molecule has 2 aromatic heterocycles. The second kappa shape index (κ2) is 10.2. The van der Waals surface area contributed by atoms with Crippen molar-refractivity contribution in [2.24, 2.45) is 0 Å². The minimum absolute atomic E-state index is 0.00500. The maximum atomic E-state index is 12.5. The SMILES string of the molecule is CCCCNC(=O)NS(=O)(=O)c1ccc(Nc2nc(C)nc3sc(-c4ccccc4)cc23)cc1. The van der Waals surface area contributed by atoms with Crippen LogP contribution in [0, 0.1) is 6.92 Å². The first-order chi connectivity index (χ1) is 16.4. The molecule has 2 heterocycles. The van der Waals surface area contributed by atoms with Crippen molar-refractivity contribution in [1.29, 1.82) is 0 Å². The van der Waals surface area contributed by atoms with Gasteiger partial charge in [-0.3, -0.25) is 0 Å². The van der Waals surface area contributed by atoms with E-state index in [2.05, 4.69) is 38.8 Å². The molecule has 176 valence electrons. The average Bonchev–Trinajstić information content (AvgIpc) is 3.24. The number of unbranched alkanes of at least 4 members (excludes halogenated alkanes) is 1. The molecule has 0 aliphatic rings. The van der Waals surface area contributed by atoms with Crippen molar-refractivity contribution in [1.82, 2.24) is 20.0 Å². The van der Waals surface area contributed by atoms with E-state index in [-0.39, 0.29) is 4.90 Å². The minimum Gasteiger partial charge on any atom is -0.340 e. The normalized spacial score (nSPS) is 11.4. The van der Waals surface area contributed by atoms with Crippen molar-refractivity contribution in [3.63, 3.8) is 0 Å². The molecule has 3 N–H and O–H groups in total. The molecule has 0 radical (unpaired) electrons. The Hall–Kier alpha value is -3.50. The first-order valence-electron chi connectivity index (χ1n) is 10.9. The summed E-state index contributed by atoms with van der Waals surface area (Å²) in [6, 6.07) is 17.5. The summed E-state index contributed by atoms with van der Waals surface area (Å²) in [6.07, 6.45) is 1.68. The fraction of sp³-hybridized carbons (Fsp3) is 0.208. The number of fused-ring (bicyclic) bond motifs is 1. The topological polar surface area (TPSA) is 113 Å². The quantitative estimate of drug-likeness (QED) is 0.290. The van der Waals surface area contributed by atoms with Crippen LogP contribution in [0.1, 0.15) is 25.6 Å². The van der Waals surface area contributed by atoms with Crippen LogP contribution in [0.2, 0.25) is 0 Å². The summed E-state index contributed by atoms with van der Waals surface area (Å²) in [5.74, 6) is 1.28. The summed E-state index contributed by atoms with van der Waals surface area (Å²) in [6.45, 7) is 4.24. The predicted molar refractivity (Wildman–Crippen MR) is 136 cm³/mol. The van der Waals surface area contributed by atoms with E-state index in [4.69, 9.17) is 0 Å². The maximum Gasteiger partial charge on any atom is 0.328 e. The lowest BCUT2D eigenvalue weighted by molar-refractivity contribution is 0.245. The number of rotatable bonds is 8. The summed E-state index contributed by atoms with van der Waals surface area (Å²) in [7, 11) is -3.97. The highest BCUT2D eigenvalue weighted by Crippen LogP contribution is 2.36. The average molecular weight is 496 g/mol. The molecule has 0 unspecified atom stereocenters. The number of sulfonamides is 1. The second-order valence-electron chi connectivity index (χ2n) is 7.68. The number of hydrogen-bond donors (Lipinski definition) is 3. The molecule has 0 aliphatic carbocycles. The Balaban J connectivity index is 1.54. The number of amides is 2. The molecule has 2 amide bonds. The summed E-state index contributed by atoms with van der Waals surface area (Å²) in [5, 5.41) is 6.69. The van der Waals surface area contributed by atoms with E-state index in [1.807, 2.05) is 36.8 Å². The molecular weight excluding hydrogens is 470 g/mol. The molecule has 0 saturated carbocycles. The molecule has 0 spiro atoms. The lowest BCUT2D eigenvalue weighted by atomic mass is 10.2. The highest BCUT2D eigenvalue weighted by atomic mass is 32.2. The van der Waals surface area contributed by atoms with Crippen LogP contribution in [0.3, 0.4) is 0 Å². The zero-order valence-electron chi connectivity index (χ0n) is 18.8. The van der Waals surface area contributed by atoms with Crippen LogP contribution < -0.4 is 15.4 Å². The van der Waals surface area contributed by atoms with Crippen LogP contribution in [-0.2, 0) is 10.0 Å². The first-order valence-corrected chi connectivity index (χ1v) is 13.2. The Morgan fingerprint density at radius 1 is 1.03 bits per heavy atom. The third kappa shape index (κ3) is 5.52. The number of carbonyl (C=O) groups is 1. The number of nitrogens with one attached hydrogen (secondary N) is 3. The number of nitrogens with zero attached hydrogens (tertiary/aromatic N) is 2. The van der Waals surface area contributed by atoms with Crippen molar-refractivity contribution in [2.45, 2.75) is 31.6 Å². The molecule has 0 atom stereocenters. The Morgan fingerprint density at radius 3 is 2.47 bits per heavy atom. The van der Waals surface area contributed by atoms with E-state index in [1.165, 1.54) is 12.1 Å². The fourth-order valence-corrected chi connectivity index (χ4v) is 5.33. The molecule has 34 heavy (non-hydrogen) atoms. The molecular formula is C24H25N5O3S2. The number of aromatic nitrogens is 2. The van der Waals surface area contributed by atoms with Crippen LogP contribution in [0.5, 0.6) is 0 Å². The van der Waals surface area contributed by atoms with Gasteiger partial charge in [0.15, 0.2) is 0 Å². The zero-order chi connectivity index (χ0) is 24.1. The maximum absolute atomic E-state index is 12.5. The molecule has 0 saturated heterocycles. The summed E-state index contributed by atoms with van der Waals surface area (Å²) >= 11 is 1.59. The van der Waals surface area contributed by atoms with Crippen LogP contribution in [0.15, 0.2) is 65.6 Å². The van der Waals surface area contributed by atoms with Crippen LogP contribution in [-0.4, -0.2) is 31.0 Å². The summed E-state index contributed by atoms with van der Waals surface area (Å²) in [4.78, 5) is 22.9. The van der Waals surface area contributed by atoms with Gasteiger partial charge in [0.05, 0.1) is 10.3 Å². The van der Waals surface area contributed by atoms with E-state index in [0.717, 1.165) is 33.5 Å². The van der Waals surface area contributed by atoms with Gasteiger partial charge in [0.1, 0.15) is 16.5 Å². The van der Waals surface area contributed by atoms with Gasteiger partial charge in [-0.25, -0.2) is 27.9 Å². The first kappa shape index (κ1) is 23.7. The second-order valence-corrected chi connectivity index (χ2v) is 10.4. The zero-order valence-corrected chi connectivity index (χ0v) is 20.5. The van der Waals surface area contributed by atoms with Gasteiger partial charge in [0, 0.05) is 17.1 Å². The summed E-state index contributed by atoms with van der Waals surface area (Å²) in [5.41, 5.74) is 1.77. The largest absolute Gasteiger partial charge is 0.340 e. The molecule has 0 bridgehead atoms. The van der Waals surface area contributed by atoms with Crippen LogP contribution >= 0.6 is 11.3 Å². The number of benzene rings is 2. The van der Waals surface area contributed by atoms with E-state index in [0.29, 0.717) is 23.9 Å². The number of hydrogen-bond acceptors (Lipinski definition) is 7. The van der Waals surface area contributed by atoms with Crippen molar-refractivity contribution < 1.29 is 13.2 Å². The van der Waals surface area contributed by atoms with Crippen LogP contribution in [0.25, 0.3) is 20.7 Å². The lowest BCUT2D eigenvalue weighted by Gasteiger charge is -2.10. The van der Waals surface area contributed by atoms with Crippen molar-refractivity contribution in [2.75, 3.05) is 11.9 Å². The Kier molecular flexibility index (Phi) is 7.09. The van der Waals surface area contributed by atoms with Crippen molar-refractivity contribution in [3.8, 4) is 10.4 Å². The van der Waals surface area contributed by atoms with E-state index in [1.54, 1.807) is 23.5 Å². The number of thiophene rings is 1. The molecule has 4 rings (SSSR count). The van der Waals surface area contributed by atoms with Crippen LogP contribution in [0.4, 0.5) is 16.3 Å². The molecule has 0 aliphatic heterocycles. The van der Waals surface area contributed by atoms with Gasteiger partial charge in [-0.05, 0) is 49.2 Å². The minimum atomic E-state index is -3.97. The number of urea groups is 1. The smallest absolute Gasteiger partial charge is 0.328 e. The Labute approximate surface area is 202 Å². The molecule has 2 aromatic carbocycles. The van der Waals surface area contributed by atoms with Crippen molar-refractivity contribution >= 4 is 49.1 Å². The van der Waals surface area contributed by atoms with E-state index in [9.17, 15) is 13.2 Å². The van der Waals surface area contributed by atoms with Gasteiger partial charge in [-0.15, -0.1) is 11.3 Å². The van der Waals surface area contributed by atoms with E-state index < -0.39 is 16.1 Å². The highest BCUT2D eigenvalue weighted by molar-refractivity contribution is 7.90. The monoisotopic (exact) mass is 495 g/mol. The van der Waals surface area contributed by atoms with Gasteiger partial charge in [-0.2, -0.15) is 0 Å². The van der Waals surface area contributed by atoms with Gasteiger partial charge in [0.25, 0.3) is 10.0 Å². The van der Waals surface area contributed by atoms with Gasteiger partial charge >= 0.3 is 6.03 Å². The Bertz CT molecular complexity index is 1400. The van der Waals surface area contributed by atoms with E-state index >= 15 is 0 Å². The standard InChI is InChI=1S/C24H25N5O3S2/c1-3-4-14-25-24(30)29-34(31,32)19-12-10-18(11-13-19)28-22-20-15-21(17-8-6-5-7-9-17)33-23(20)27-16(2)26-22/h5-13,15H,3-4,14H2,1-2H3,(H2,25,29,30)(H,26,27,28). The fourth-order valence-electron chi connectivity index (χ4n) is 3.32. The van der Waals surface area contributed by atoms with Gasteiger partial charge in [0.2, 0.25) is 0 Å². The molecule has 10 heteroatoms. The summed E-state index contributed by atoms with van der Waals surface area (Å²) < 4.78 is 27.0. The van der Waals surface area contributed by atoms with Gasteiger partial charge in [-0.1, -0.05) is 43.7 Å². The number of carbonyl (C=O) groups excluding carboxylic acids is 1. The third-order valence-corrected chi connectivity index (χ3v) is 7.46. The molecule has 0 fully saturated rings. The molecule has 4 aromatic rings. The lowest BCUT2D eigenvalue weighted by Crippen LogP contribution is -2.39. The predicted octanol–water partition coefficient (Wildman–Crippen LogP) is 5.20. The third-order valence-electron chi connectivity index (χ3n) is 5.03. The number of anilines is 2. The highest BCUT2D eigenvalue weighted by Gasteiger charge is 2.18. The van der Waals surface area contributed by atoms with Crippen molar-refractivity contribution in [3.05, 3.63) is 66.5 Å². The Morgan fingerprint density at radius 2 is 1.76 bits per heavy atom. The number of aryl methyl sites for hydroxylation is 1. The molecule has 8 nitrogen and oxygen atoms in total. The van der Waals surface area contributed by atoms with Gasteiger partial charge < -0.3 is 10.6 Å².